The minimum Gasteiger partial charge on any atom is -0.481 e. The van der Waals surface area contributed by atoms with E-state index in [9.17, 15) is 9.90 Å². The Kier molecular flexibility index (Phi) is 5.00. The standard InChI is InChI=1S/C15H25N3O3/c1-15(2,21)13-4-3-6-17(11-13)9-12-8-16-18(10-12)7-5-14(19)20/h8,10,13,21H,3-7,9,11H2,1-2H3,(H,19,20). The SMILES string of the molecule is CC(C)(O)C1CCCN(Cc2cnn(CCC(=O)O)c2)C1. The molecule has 1 fully saturated rings. The molecule has 118 valence electrons. The number of hydrogen-bond acceptors (Lipinski definition) is 4. The van der Waals surface area contributed by atoms with Crippen molar-refractivity contribution >= 4 is 5.97 Å². The predicted octanol–water partition coefficient (Wildman–Crippen LogP) is 1.34. The van der Waals surface area contributed by atoms with Crippen LogP contribution in [0.1, 0.15) is 38.7 Å². The van der Waals surface area contributed by atoms with Gasteiger partial charge in [0.25, 0.3) is 0 Å². The van der Waals surface area contributed by atoms with Crippen molar-refractivity contribution in [1.82, 2.24) is 14.7 Å². The van der Waals surface area contributed by atoms with Crippen molar-refractivity contribution in [2.24, 2.45) is 5.92 Å². The summed E-state index contributed by atoms with van der Waals surface area (Å²) in [5.41, 5.74) is 0.460. The average Bonchev–Trinajstić information content (AvgIpc) is 2.83. The highest BCUT2D eigenvalue weighted by atomic mass is 16.4. The molecule has 1 aromatic rings. The number of likely N-dealkylation sites (tertiary alicyclic amines) is 1. The summed E-state index contributed by atoms with van der Waals surface area (Å²) in [4.78, 5) is 12.9. The summed E-state index contributed by atoms with van der Waals surface area (Å²) in [6.45, 7) is 6.90. The summed E-state index contributed by atoms with van der Waals surface area (Å²) in [6.07, 6.45) is 5.97. The topological polar surface area (TPSA) is 78.6 Å². The average molecular weight is 295 g/mol. The van der Waals surface area contributed by atoms with Crippen LogP contribution in [0.15, 0.2) is 12.4 Å². The first-order chi connectivity index (χ1) is 9.84. The van der Waals surface area contributed by atoms with Crippen molar-refractivity contribution in [3.05, 3.63) is 18.0 Å². The van der Waals surface area contributed by atoms with E-state index in [1.54, 1.807) is 10.9 Å². The van der Waals surface area contributed by atoms with Crippen LogP contribution in [0.25, 0.3) is 0 Å². The number of aromatic nitrogens is 2. The lowest BCUT2D eigenvalue weighted by Gasteiger charge is -2.38. The number of carbonyl (C=O) groups is 1. The van der Waals surface area contributed by atoms with Gasteiger partial charge in [-0.15, -0.1) is 0 Å². The lowest BCUT2D eigenvalue weighted by Crippen LogP contribution is -2.44. The maximum Gasteiger partial charge on any atom is 0.305 e. The highest BCUT2D eigenvalue weighted by Crippen LogP contribution is 2.27. The van der Waals surface area contributed by atoms with Gasteiger partial charge in [0.05, 0.1) is 24.8 Å². The number of hydrogen-bond donors (Lipinski definition) is 2. The van der Waals surface area contributed by atoms with E-state index in [4.69, 9.17) is 5.11 Å². The molecule has 0 amide bonds. The van der Waals surface area contributed by atoms with Crippen LogP contribution in [0.2, 0.25) is 0 Å². The third-order valence-electron chi connectivity index (χ3n) is 4.15. The van der Waals surface area contributed by atoms with E-state index in [2.05, 4.69) is 10.00 Å². The Balaban J connectivity index is 1.88. The molecule has 1 saturated heterocycles. The molecule has 1 aromatic heterocycles. The van der Waals surface area contributed by atoms with Gasteiger partial charge < -0.3 is 10.2 Å². The van der Waals surface area contributed by atoms with Crippen LogP contribution < -0.4 is 0 Å². The molecular weight excluding hydrogens is 270 g/mol. The molecule has 0 saturated carbocycles. The van der Waals surface area contributed by atoms with Crippen molar-refractivity contribution in [1.29, 1.82) is 0 Å². The zero-order valence-electron chi connectivity index (χ0n) is 12.8. The largest absolute Gasteiger partial charge is 0.481 e. The van der Waals surface area contributed by atoms with Crippen LogP contribution in [0.3, 0.4) is 0 Å². The molecule has 21 heavy (non-hydrogen) atoms. The summed E-state index contributed by atoms with van der Waals surface area (Å²) in [5.74, 6) is -0.510. The second-order valence-corrected chi connectivity index (χ2v) is 6.48. The molecular formula is C15H25N3O3. The van der Waals surface area contributed by atoms with Crippen molar-refractivity contribution in [2.75, 3.05) is 13.1 Å². The minimum absolute atomic E-state index is 0.0889. The van der Waals surface area contributed by atoms with E-state index < -0.39 is 11.6 Å². The van der Waals surface area contributed by atoms with Gasteiger partial charge in [0, 0.05) is 24.8 Å². The molecule has 0 radical (unpaired) electrons. The zero-order chi connectivity index (χ0) is 15.5. The molecule has 1 aliphatic rings. The third-order valence-corrected chi connectivity index (χ3v) is 4.15. The Hall–Kier alpha value is -1.40. The van der Waals surface area contributed by atoms with Crippen LogP contribution in [0.5, 0.6) is 0 Å². The molecule has 2 rings (SSSR count). The number of carboxylic acids is 1. The van der Waals surface area contributed by atoms with Crippen molar-refractivity contribution in [3.8, 4) is 0 Å². The first-order valence-electron chi connectivity index (χ1n) is 7.52. The van der Waals surface area contributed by atoms with Crippen LogP contribution in [0.4, 0.5) is 0 Å². The highest BCUT2D eigenvalue weighted by Gasteiger charge is 2.31. The number of aliphatic hydroxyl groups is 1. The molecule has 0 bridgehead atoms. The van der Waals surface area contributed by atoms with Gasteiger partial charge in [-0.1, -0.05) is 0 Å². The molecule has 0 spiro atoms. The van der Waals surface area contributed by atoms with Gasteiger partial charge in [-0.3, -0.25) is 14.4 Å². The van der Waals surface area contributed by atoms with Crippen molar-refractivity contribution < 1.29 is 15.0 Å². The summed E-state index contributed by atoms with van der Waals surface area (Å²) >= 11 is 0. The highest BCUT2D eigenvalue weighted by molar-refractivity contribution is 5.66. The molecule has 2 N–H and O–H groups in total. The van der Waals surface area contributed by atoms with Crippen LogP contribution in [-0.2, 0) is 17.9 Å². The first kappa shape index (κ1) is 16.0. The third kappa shape index (κ3) is 4.82. The molecule has 0 aromatic carbocycles. The number of carboxylic acid groups (broad SMARTS) is 1. The second kappa shape index (κ2) is 6.58. The smallest absolute Gasteiger partial charge is 0.305 e. The monoisotopic (exact) mass is 295 g/mol. The summed E-state index contributed by atoms with van der Waals surface area (Å²) < 4.78 is 1.68. The summed E-state index contributed by atoms with van der Waals surface area (Å²) in [6, 6.07) is 0. The number of aryl methyl sites for hydroxylation is 1. The Morgan fingerprint density at radius 3 is 2.95 bits per heavy atom. The lowest BCUT2D eigenvalue weighted by molar-refractivity contribution is -0.137. The van der Waals surface area contributed by atoms with E-state index in [1.165, 1.54) is 0 Å². The lowest BCUT2D eigenvalue weighted by atomic mass is 9.84. The normalized spacial score (nSPS) is 20.6. The van der Waals surface area contributed by atoms with Gasteiger partial charge in [-0.25, -0.2) is 0 Å². The molecule has 6 heteroatoms. The van der Waals surface area contributed by atoms with Gasteiger partial charge in [0.1, 0.15) is 0 Å². The van der Waals surface area contributed by atoms with Gasteiger partial charge in [0.2, 0.25) is 0 Å². The number of nitrogens with zero attached hydrogens (tertiary/aromatic N) is 3. The molecule has 2 heterocycles. The van der Waals surface area contributed by atoms with Gasteiger partial charge >= 0.3 is 5.97 Å². The van der Waals surface area contributed by atoms with E-state index in [1.807, 2.05) is 20.0 Å². The Morgan fingerprint density at radius 2 is 2.29 bits per heavy atom. The van der Waals surface area contributed by atoms with Gasteiger partial charge in [-0.2, -0.15) is 5.10 Å². The predicted molar refractivity (Wildman–Crippen MR) is 78.8 cm³/mol. The Labute approximate surface area is 125 Å². The van der Waals surface area contributed by atoms with E-state index in [-0.39, 0.29) is 6.42 Å². The van der Waals surface area contributed by atoms with Gasteiger partial charge in [0.15, 0.2) is 0 Å². The zero-order valence-corrected chi connectivity index (χ0v) is 12.8. The number of rotatable bonds is 6. The minimum atomic E-state index is -0.809. The number of piperidine rings is 1. The van der Waals surface area contributed by atoms with Crippen molar-refractivity contribution in [2.45, 2.75) is 51.8 Å². The van der Waals surface area contributed by atoms with E-state index in [0.717, 1.165) is 38.0 Å². The fourth-order valence-electron chi connectivity index (χ4n) is 2.85. The van der Waals surface area contributed by atoms with E-state index >= 15 is 0 Å². The molecule has 1 aliphatic heterocycles. The van der Waals surface area contributed by atoms with Crippen LogP contribution in [-0.4, -0.2) is 49.6 Å². The van der Waals surface area contributed by atoms with E-state index in [0.29, 0.717) is 12.5 Å². The van der Waals surface area contributed by atoms with Crippen LogP contribution >= 0.6 is 0 Å². The number of aliphatic carboxylic acids is 1. The Bertz CT molecular complexity index is 479. The second-order valence-electron chi connectivity index (χ2n) is 6.48. The maximum absolute atomic E-state index is 10.6. The fourth-order valence-corrected chi connectivity index (χ4v) is 2.85. The molecule has 0 aliphatic carbocycles. The molecule has 1 unspecified atom stereocenters. The van der Waals surface area contributed by atoms with Crippen LogP contribution in [0, 0.1) is 5.92 Å². The summed E-state index contributed by atoms with van der Waals surface area (Å²) in [7, 11) is 0. The Morgan fingerprint density at radius 1 is 1.52 bits per heavy atom. The first-order valence-corrected chi connectivity index (χ1v) is 7.52. The van der Waals surface area contributed by atoms with Crippen molar-refractivity contribution in [3.63, 3.8) is 0 Å². The summed E-state index contributed by atoms with van der Waals surface area (Å²) in [5, 5.41) is 23.0. The molecule has 1 atom stereocenters. The fraction of sp³-hybridized carbons (Fsp3) is 0.733. The molecule has 6 nitrogen and oxygen atoms in total. The van der Waals surface area contributed by atoms with Gasteiger partial charge in [-0.05, 0) is 39.2 Å². The maximum atomic E-state index is 10.6. The quantitative estimate of drug-likeness (QED) is 0.828.